The van der Waals surface area contributed by atoms with Crippen molar-refractivity contribution in [2.24, 2.45) is 0 Å². The van der Waals surface area contributed by atoms with Crippen LogP contribution in [0.15, 0.2) is 18.3 Å². The molecule has 0 aliphatic heterocycles. The minimum atomic E-state index is -0.523. The maximum absolute atomic E-state index is 11.5. The average Bonchev–Trinajstić information content (AvgIpc) is 2.69. The molecule has 0 bridgehead atoms. The molecule has 5 nitrogen and oxygen atoms in total. The molecule has 0 unspecified atom stereocenters. The monoisotopic (exact) mass is 279 g/mol. The SMILES string of the molecule is COC(=O)c1cnn(-c2c(C)cc(C)cc2Cl)c1N. The molecule has 0 aliphatic rings. The van der Waals surface area contributed by atoms with Crippen LogP contribution in [-0.4, -0.2) is 22.9 Å². The van der Waals surface area contributed by atoms with Crippen molar-refractivity contribution in [2.75, 3.05) is 12.8 Å². The Bertz CT molecular complexity index is 626. The first kappa shape index (κ1) is 13.4. The molecule has 1 heterocycles. The lowest BCUT2D eigenvalue weighted by molar-refractivity contribution is 0.0602. The third-order valence-corrected chi connectivity index (χ3v) is 3.11. The van der Waals surface area contributed by atoms with Crippen LogP contribution in [0.5, 0.6) is 0 Å². The number of carbonyl (C=O) groups excluding carboxylic acids is 1. The van der Waals surface area contributed by atoms with E-state index in [1.807, 2.05) is 26.0 Å². The summed E-state index contributed by atoms with van der Waals surface area (Å²) in [5, 5.41) is 4.64. The zero-order valence-electron chi connectivity index (χ0n) is 10.9. The summed E-state index contributed by atoms with van der Waals surface area (Å²) < 4.78 is 6.09. The summed E-state index contributed by atoms with van der Waals surface area (Å²) in [6, 6.07) is 3.79. The minimum Gasteiger partial charge on any atom is -0.465 e. The summed E-state index contributed by atoms with van der Waals surface area (Å²) in [5.74, 6) is -0.314. The third kappa shape index (κ3) is 2.29. The summed E-state index contributed by atoms with van der Waals surface area (Å²) in [6.07, 6.45) is 1.37. The lowest BCUT2D eigenvalue weighted by Crippen LogP contribution is -2.08. The quantitative estimate of drug-likeness (QED) is 0.858. The molecule has 1 aromatic carbocycles. The van der Waals surface area contributed by atoms with Gasteiger partial charge in [-0.1, -0.05) is 17.7 Å². The van der Waals surface area contributed by atoms with E-state index in [1.54, 1.807) is 0 Å². The molecule has 1 aromatic heterocycles. The second kappa shape index (κ2) is 4.93. The third-order valence-electron chi connectivity index (χ3n) is 2.82. The van der Waals surface area contributed by atoms with E-state index in [0.29, 0.717) is 10.7 Å². The van der Waals surface area contributed by atoms with Crippen molar-refractivity contribution in [1.29, 1.82) is 0 Å². The van der Waals surface area contributed by atoms with Crippen molar-refractivity contribution >= 4 is 23.4 Å². The fraction of sp³-hybridized carbons (Fsp3) is 0.231. The summed E-state index contributed by atoms with van der Waals surface area (Å²) in [4.78, 5) is 11.5. The number of carbonyl (C=O) groups is 1. The highest BCUT2D eigenvalue weighted by Gasteiger charge is 2.19. The maximum Gasteiger partial charge on any atom is 0.343 e. The Labute approximate surface area is 115 Å². The number of aryl methyl sites for hydroxylation is 2. The van der Waals surface area contributed by atoms with Crippen LogP contribution in [0.2, 0.25) is 5.02 Å². The first-order valence-electron chi connectivity index (χ1n) is 5.64. The van der Waals surface area contributed by atoms with E-state index in [1.165, 1.54) is 18.0 Å². The molecule has 2 rings (SSSR count). The predicted molar refractivity (Wildman–Crippen MR) is 73.8 cm³/mol. The van der Waals surface area contributed by atoms with Gasteiger partial charge in [-0.2, -0.15) is 5.10 Å². The molecule has 6 heteroatoms. The number of anilines is 1. The zero-order valence-corrected chi connectivity index (χ0v) is 11.7. The Hall–Kier alpha value is -2.01. The number of aromatic nitrogens is 2. The molecular weight excluding hydrogens is 266 g/mol. The van der Waals surface area contributed by atoms with Crippen molar-refractivity contribution in [2.45, 2.75) is 13.8 Å². The molecule has 0 atom stereocenters. The van der Waals surface area contributed by atoms with Crippen LogP contribution in [0.25, 0.3) is 5.69 Å². The fourth-order valence-corrected chi connectivity index (χ4v) is 2.38. The van der Waals surface area contributed by atoms with E-state index in [-0.39, 0.29) is 11.4 Å². The second-order valence-corrected chi connectivity index (χ2v) is 4.67. The minimum absolute atomic E-state index is 0.209. The molecule has 0 aliphatic carbocycles. The molecule has 0 saturated carbocycles. The largest absolute Gasteiger partial charge is 0.465 e. The number of nitrogen functional groups attached to an aromatic ring is 1. The highest BCUT2D eigenvalue weighted by Crippen LogP contribution is 2.28. The van der Waals surface area contributed by atoms with Crippen molar-refractivity contribution in [3.05, 3.63) is 40.0 Å². The number of benzene rings is 1. The molecule has 2 N–H and O–H groups in total. The van der Waals surface area contributed by atoms with Gasteiger partial charge in [0.1, 0.15) is 11.4 Å². The lowest BCUT2D eigenvalue weighted by Gasteiger charge is -2.11. The number of methoxy groups -OCH3 is 1. The highest BCUT2D eigenvalue weighted by molar-refractivity contribution is 6.32. The molecule has 100 valence electrons. The van der Waals surface area contributed by atoms with Gasteiger partial charge in [0.15, 0.2) is 0 Å². The number of halogens is 1. The van der Waals surface area contributed by atoms with Crippen molar-refractivity contribution < 1.29 is 9.53 Å². The summed E-state index contributed by atoms with van der Waals surface area (Å²) in [6.45, 7) is 3.86. The van der Waals surface area contributed by atoms with Gasteiger partial charge in [-0.3, -0.25) is 0 Å². The van der Waals surface area contributed by atoms with Crippen LogP contribution in [-0.2, 0) is 4.74 Å². The van der Waals surface area contributed by atoms with E-state index < -0.39 is 5.97 Å². The Morgan fingerprint density at radius 1 is 1.42 bits per heavy atom. The van der Waals surface area contributed by atoms with Gasteiger partial charge in [0.2, 0.25) is 0 Å². The molecule has 0 spiro atoms. The van der Waals surface area contributed by atoms with Crippen LogP contribution in [0.4, 0.5) is 5.82 Å². The zero-order chi connectivity index (χ0) is 14.2. The predicted octanol–water partition coefficient (Wildman–Crippen LogP) is 2.51. The lowest BCUT2D eigenvalue weighted by atomic mass is 10.1. The van der Waals surface area contributed by atoms with Crippen molar-refractivity contribution in [3.63, 3.8) is 0 Å². The summed E-state index contributed by atoms with van der Waals surface area (Å²) in [7, 11) is 1.29. The summed E-state index contributed by atoms with van der Waals surface area (Å²) >= 11 is 6.23. The first-order valence-corrected chi connectivity index (χ1v) is 6.02. The van der Waals surface area contributed by atoms with Crippen LogP contribution < -0.4 is 5.73 Å². The van der Waals surface area contributed by atoms with Crippen molar-refractivity contribution in [3.8, 4) is 5.69 Å². The highest BCUT2D eigenvalue weighted by atomic mass is 35.5. The van der Waals surface area contributed by atoms with E-state index in [0.717, 1.165) is 11.1 Å². The Kier molecular flexibility index (Phi) is 3.48. The van der Waals surface area contributed by atoms with E-state index in [4.69, 9.17) is 17.3 Å². The van der Waals surface area contributed by atoms with Crippen LogP contribution in [0.3, 0.4) is 0 Å². The number of nitrogens with two attached hydrogens (primary N) is 1. The number of ether oxygens (including phenoxy) is 1. The second-order valence-electron chi connectivity index (χ2n) is 4.26. The van der Waals surface area contributed by atoms with Gasteiger partial charge in [-0.25, -0.2) is 9.48 Å². The molecule has 19 heavy (non-hydrogen) atoms. The van der Waals surface area contributed by atoms with Gasteiger partial charge < -0.3 is 10.5 Å². The van der Waals surface area contributed by atoms with Gasteiger partial charge in [0, 0.05) is 0 Å². The maximum atomic E-state index is 11.5. The van der Waals surface area contributed by atoms with Gasteiger partial charge in [0.05, 0.1) is 24.0 Å². The average molecular weight is 280 g/mol. The molecule has 2 aromatic rings. The van der Waals surface area contributed by atoms with E-state index in [9.17, 15) is 4.79 Å². The molecule has 0 amide bonds. The topological polar surface area (TPSA) is 70.1 Å². The normalized spacial score (nSPS) is 10.5. The number of esters is 1. The molecular formula is C13H14ClN3O2. The van der Waals surface area contributed by atoms with E-state index >= 15 is 0 Å². The Morgan fingerprint density at radius 2 is 2.11 bits per heavy atom. The van der Waals surface area contributed by atoms with Gasteiger partial charge in [0.25, 0.3) is 0 Å². The van der Waals surface area contributed by atoms with Gasteiger partial charge >= 0.3 is 5.97 Å². The Morgan fingerprint density at radius 3 is 2.68 bits per heavy atom. The number of hydrogen-bond donors (Lipinski definition) is 1. The summed E-state index contributed by atoms with van der Waals surface area (Å²) in [5.41, 5.74) is 8.79. The molecule has 0 radical (unpaired) electrons. The van der Waals surface area contributed by atoms with Gasteiger partial charge in [-0.15, -0.1) is 0 Å². The van der Waals surface area contributed by atoms with Crippen LogP contribution in [0, 0.1) is 13.8 Å². The molecule has 0 fully saturated rings. The standard InChI is InChI=1S/C13H14ClN3O2/c1-7-4-8(2)11(10(14)5-7)17-12(15)9(6-16-17)13(18)19-3/h4-6H,15H2,1-3H3. The van der Waals surface area contributed by atoms with Crippen molar-refractivity contribution in [1.82, 2.24) is 9.78 Å². The van der Waals surface area contributed by atoms with Gasteiger partial charge in [-0.05, 0) is 31.0 Å². The number of hydrogen-bond acceptors (Lipinski definition) is 4. The molecule has 0 saturated heterocycles. The first-order chi connectivity index (χ1) is 8.95. The smallest absolute Gasteiger partial charge is 0.343 e. The number of nitrogens with zero attached hydrogens (tertiary/aromatic N) is 2. The fourth-order valence-electron chi connectivity index (χ4n) is 1.98. The number of rotatable bonds is 2. The van der Waals surface area contributed by atoms with E-state index in [2.05, 4.69) is 9.84 Å². The van der Waals surface area contributed by atoms with Crippen LogP contribution >= 0.6 is 11.6 Å². The Balaban J connectivity index is 2.61. The van der Waals surface area contributed by atoms with Crippen LogP contribution in [0.1, 0.15) is 21.5 Å².